The van der Waals surface area contributed by atoms with Gasteiger partial charge in [-0.25, -0.2) is 0 Å². The van der Waals surface area contributed by atoms with E-state index in [2.05, 4.69) is 19.2 Å². The zero-order chi connectivity index (χ0) is 14.6. The predicted octanol–water partition coefficient (Wildman–Crippen LogP) is 1.37. The van der Waals surface area contributed by atoms with Crippen molar-refractivity contribution >= 4 is 11.9 Å². The Bertz CT molecular complexity index is 329. The number of carbonyl (C=O) groups is 2. The number of hydrogen-bond acceptors (Lipinski definition) is 3. The molecule has 1 aliphatic carbocycles. The van der Waals surface area contributed by atoms with Gasteiger partial charge in [-0.3, -0.25) is 9.59 Å². The van der Waals surface area contributed by atoms with Gasteiger partial charge in [0, 0.05) is 19.0 Å². The van der Waals surface area contributed by atoms with Crippen molar-refractivity contribution < 1.29 is 14.7 Å². The first kappa shape index (κ1) is 16.0. The summed E-state index contributed by atoms with van der Waals surface area (Å²) in [5, 5.41) is 12.1. The molecule has 5 heteroatoms. The van der Waals surface area contributed by atoms with Crippen molar-refractivity contribution in [3.8, 4) is 0 Å². The Kier molecular flexibility index (Phi) is 5.79. The highest BCUT2D eigenvalue weighted by Gasteiger charge is 2.42. The van der Waals surface area contributed by atoms with Gasteiger partial charge in [0.2, 0.25) is 5.91 Å². The molecule has 0 spiro atoms. The summed E-state index contributed by atoms with van der Waals surface area (Å²) in [5.41, 5.74) is 6.12. The Labute approximate surface area is 114 Å². The number of rotatable bonds is 6. The van der Waals surface area contributed by atoms with Crippen LogP contribution in [0.3, 0.4) is 0 Å². The molecule has 1 aliphatic rings. The van der Waals surface area contributed by atoms with Gasteiger partial charge in [-0.15, -0.1) is 0 Å². The summed E-state index contributed by atoms with van der Waals surface area (Å²) in [6.07, 6.45) is 3.00. The van der Waals surface area contributed by atoms with Crippen LogP contribution >= 0.6 is 0 Å². The Morgan fingerprint density at radius 2 is 1.89 bits per heavy atom. The van der Waals surface area contributed by atoms with Crippen LogP contribution in [-0.2, 0) is 9.59 Å². The number of hydrogen-bond donors (Lipinski definition) is 3. The van der Waals surface area contributed by atoms with Crippen LogP contribution in [0.5, 0.6) is 0 Å². The van der Waals surface area contributed by atoms with Crippen molar-refractivity contribution in [2.45, 2.75) is 58.5 Å². The van der Waals surface area contributed by atoms with E-state index in [1.54, 1.807) is 0 Å². The lowest BCUT2D eigenvalue weighted by Gasteiger charge is -2.33. The van der Waals surface area contributed by atoms with E-state index in [4.69, 9.17) is 10.8 Å². The van der Waals surface area contributed by atoms with Gasteiger partial charge in [0.1, 0.15) is 0 Å². The highest BCUT2D eigenvalue weighted by Crippen LogP contribution is 2.36. The summed E-state index contributed by atoms with van der Waals surface area (Å²) < 4.78 is 0. The van der Waals surface area contributed by atoms with Gasteiger partial charge in [-0.05, 0) is 24.7 Å². The molecule has 0 unspecified atom stereocenters. The molecule has 0 saturated heterocycles. The van der Waals surface area contributed by atoms with Crippen LogP contribution in [0.15, 0.2) is 0 Å². The number of nitrogens with one attached hydrogen (secondary N) is 1. The number of aliphatic carboxylic acids is 1. The van der Waals surface area contributed by atoms with Crippen LogP contribution in [-0.4, -0.2) is 29.1 Å². The van der Waals surface area contributed by atoms with Crippen LogP contribution in [0.2, 0.25) is 0 Å². The third-order valence-electron chi connectivity index (χ3n) is 4.40. The SMILES string of the molecule is CCC(CC)[C@@H](NC(C)=O)[C@H]1C[C@H](C(=O)O)C[C@@H]1N. The van der Waals surface area contributed by atoms with Crippen molar-refractivity contribution in [1.82, 2.24) is 5.32 Å². The van der Waals surface area contributed by atoms with E-state index in [1.807, 2.05) is 0 Å². The fourth-order valence-corrected chi connectivity index (χ4v) is 3.32. The molecule has 0 aromatic rings. The molecule has 0 heterocycles. The Hall–Kier alpha value is -1.10. The van der Waals surface area contributed by atoms with Crippen LogP contribution in [0.4, 0.5) is 0 Å². The van der Waals surface area contributed by atoms with Crippen molar-refractivity contribution in [3.05, 3.63) is 0 Å². The molecule has 110 valence electrons. The average molecular weight is 270 g/mol. The van der Waals surface area contributed by atoms with E-state index in [9.17, 15) is 9.59 Å². The second-order valence-electron chi connectivity index (χ2n) is 5.64. The van der Waals surface area contributed by atoms with Crippen molar-refractivity contribution in [3.63, 3.8) is 0 Å². The average Bonchev–Trinajstić information content (AvgIpc) is 2.71. The van der Waals surface area contributed by atoms with Crippen molar-refractivity contribution in [1.29, 1.82) is 0 Å². The lowest BCUT2D eigenvalue weighted by atomic mass is 9.82. The summed E-state index contributed by atoms with van der Waals surface area (Å²) in [6.45, 7) is 5.70. The summed E-state index contributed by atoms with van der Waals surface area (Å²) in [5.74, 6) is -0.792. The van der Waals surface area contributed by atoms with Gasteiger partial charge in [0.25, 0.3) is 0 Å². The normalized spacial score (nSPS) is 28.4. The van der Waals surface area contributed by atoms with Crippen LogP contribution < -0.4 is 11.1 Å². The predicted molar refractivity (Wildman–Crippen MR) is 73.5 cm³/mol. The number of carboxylic acids is 1. The quantitative estimate of drug-likeness (QED) is 0.679. The molecule has 0 aromatic carbocycles. The van der Waals surface area contributed by atoms with E-state index >= 15 is 0 Å². The number of amides is 1. The first-order valence-corrected chi connectivity index (χ1v) is 7.16. The van der Waals surface area contributed by atoms with Crippen LogP contribution in [0, 0.1) is 17.8 Å². The summed E-state index contributed by atoms with van der Waals surface area (Å²) in [4.78, 5) is 22.5. The van der Waals surface area contributed by atoms with Crippen molar-refractivity contribution in [2.75, 3.05) is 0 Å². The van der Waals surface area contributed by atoms with Gasteiger partial charge < -0.3 is 16.2 Å². The van der Waals surface area contributed by atoms with Crippen molar-refractivity contribution in [2.24, 2.45) is 23.5 Å². The Morgan fingerprint density at radius 1 is 1.32 bits per heavy atom. The van der Waals surface area contributed by atoms with Gasteiger partial charge >= 0.3 is 5.97 Å². The lowest BCUT2D eigenvalue weighted by Crippen LogP contribution is -2.48. The van der Waals surface area contributed by atoms with Gasteiger partial charge in [-0.1, -0.05) is 26.7 Å². The molecule has 0 bridgehead atoms. The molecule has 4 N–H and O–H groups in total. The smallest absolute Gasteiger partial charge is 0.306 e. The van der Waals surface area contributed by atoms with Gasteiger partial charge in [0.15, 0.2) is 0 Å². The minimum absolute atomic E-state index is 0.00755. The molecule has 1 saturated carbocycles. The largest absolute Gasteiger partial charge is 0.481 e. The molecular weight excluding hydrogens is 244 g/mol. The first-order valence-electron chi connectivity index (χ1n) is 7.16. The molecule has 19 heavy (non-hydrogen) atoms. The van der Waals surface area contributed by atoms with Crippen LogP contribution in [0.25, 0.3) is 0 Å². The van der Waals surface area contributed by atoms with E-state index in [-0.39, 0.29) is 29.8 Å². The lowest BCUT2D eigenvalue weighted by molar-refractivity contribution is -0.141. The first-order chi connectivity index (χ1) is 8.90. The fourth-order valence-electron chi connectivity index (χ4n) is 3.32. The highest BCUT2D eigenvalue weighted by atomic mass is 16.4. The van der Waals surface area contributed by atoms with Gasteiger partial charge in [-0.2, -0.15) is 0 Å². The standard InChI is InChI=1S/C14H26N2O3/c1-4-9(5-2)13(16-8(3)17)11-6-10(14(18)19)7-12(11)15/h9-13H,4-7,15H2,1-3H3,(H,16,17)(H,18,19)/t10-,11-,12-,13+/m0/s1. The second kappa shape index (κ2) is 6.89. The van der Waals surface area contributed by atoms with E-state index in [0.29, 0.717) is 18.8 Å². The molecule has 5 nitrogen and oxygen atoms in total. The molecule has 1 amide bonds. The molecule has 1 rings (SSSR count). The molecule has 1 fully saturated rings. The number of carboxylic acid groups (broad SMARTS) is 1. The van der Waals surface area contributed by atoms with Gasteiger partial charge in [0.05, 0.1) is 5.92 Å². The number of carbonyl (C=O) groups excluding carboxylic acids is 1. The maximum Gasteiger partial charge on any atom is 0.306 e. The molecule has 0 aliphatic heterocycles. The zero-order valence-corrected chi connectivity index (χ0v) is 12.1. The van der Waals surface area contributed by atoms with E-state index in [0.717, 1.165) is 12.8 Å². The van der Waals surface area contributed by atoms with E-state index in [1.165, 1.54) is 6.92 Å². The monoisotopic (exact) mass is 270 g/mol. The maximum absolute atomic E-state index is 11.4. The minimum atomic E-state index is -0.774. The summed E-state index contributed by atoms with van der Waals surface area (Å²) in [7, 11) is 0. The second-order valence-corrected chi connectivity index (χ2v) is 5.64. The topological polar surface area (TPSA) is 92.4 Å². The molecular formula is C14H26N2O3. The Balaban J connectivity index is 2.85. The third-order valence-corrected chi connectivity index (χ3v) is 4.40. The fraction of sp³-hybridized carbons (Fsp3) is 0.857. The highest BCUT2D eigenvalue weighted by molar-refractivity contribution is 5.73. The van der Waals surface area contributed by atoms with E-state index < -0.39 is 5.97 Å². The summed E-state index contributed by atoms with van der Waals surface area (Å²) >= 11 is 0. The third kappa shape index (κ3) is 3.93. The Morgan fingerprint density at radius 3 is 2.26 bits per heavy atom. The molecule has 4 atom stereocenters. The summed E-state index contributed by atoms with van der Waals surface area (Å²) in [6, 6.07) is -0.148. The molecule has 0 aromatic heterocycles. The maximum atomic E-state index is 11.4. The van der Waals surface area contributed by atoms with Crippen LogP contribution in [0.1, 0.15) is 46.5 Å². The minimum Gasteiger partial charge on any atom is -0.481 e. The molecule has 0 radical (unpaired) electrons. The number of nitrogens with two attached hydrogens (primary N) is 1. The zero-order valence-electron chi connectivity index (χ0n) is 12.1.